The summed E-state index contributed by atoms with van der Waals surface area (Å²) in [5, 5.41) is 15.3. The summed E-state index contributed by atoms with van der Waals surface area (Å²) in [6.45, 7) is 2.54. The van der Waals surface area contributed by atoms with E-state index in [2.05, 4.69) is 10.4 Å². The standard InChI is InChI=1S/C10H15N3O3/c1-3-4-5-11-9(14)8-7(10(15)16)6-13(2)12-8/h6H,3-5H2,1-2H3,(H,11,14)(H,15,16). The van der Waals surface area contributed by atoms with Gasteiger partial charge in [0.25, 0.3) is 5.91 Å². The molecule has 0 spiro atoms. The van der Waals surface area contributed by atoms with Crippen molar-refractivity contribution < 1.29 is 14.7 Å². The predicted octanol–water partition coefficient (Wildman–Crippen LogP) is 0.648. The van der Waals surface area contributed by atoms with Crippen LogP contribution in [0, 0.1) is 0 Å². The average Bonchev–Trinajstić information content (AvgIpc) is 2.61. The number of rotatable bonds is 5. The molecule has 16 heavy (non-hydrogen) atoms. The fraction of sp³-hybridized carbons (Fsp3) is 0.500. The molecule has 1 heterocycles. The zero-order valence-electron chi connectivity index (χ0n) is 9.36. The van der Waals surface area contributed by atoms with Crippen molar-refractivity contribution in [1.82, 2.24) is 15.1 Å². The van der Waals surface area contributed by atoms with E-state index in [9.17, 15) is 9.59 Å². The quantitative estimate of drug-likeness (QED) is 0.720. The normalized spacial score (nSPS) is 10.1. The van der Waals surface area contributed by atoms with Crippen molar-refractivity contribution in [3.63, 3.8) is 0 Å². The lowest BCUT2D eigenvalue weighted by Crippen LogP contribution is -2.26. The number of aromatic nitrogens is 2. The zero-order chi connectivity index (χ0) is 12.1. The molecular weight excluding hydrogens is 210 g/mol. The molecule has 6 heteroatoms. The number of hydrogen-bond donors (Lipinski definition) is 2. The second kappa shape index (κ2) is 5.29. The first-order valence-electron chi connectivity index (χ1n) is 5.11. The molecule has 1 amide bonds. The van der Waals surface area contributed by atoms with Crippen LogP contribution in [0.4, 0.5) is 0 Å². The van der Waals surface area contributed by atoms with E-state index in [1.807, 2.05) is 6.92 Å². The van der Waals surface area contributed by atoms with Crippen LogP contribution in [0.25, 0.3) is 0 Å². The number of nitrogens with one attached hydrogen (secondary N) is 1. The summed E-state index contributed by atoms with van der Waals surface area (Å²) in [5.74, 6) is -1.58. The highest BCUT2D eigenvalue weighted by molar-refractivity contribution is 6.03. The van der Waals surface area contributed by atoms with E-state index in [4.69, 9.17) is 5.11 Å². The molecule has 0 aliphatic carbocycles. The van der Waals surface area contributed by atoms with E-state index in [1.165, 1.54) is 10.9 Å². The minimum absolute atomic E-state index is 0.0360. The van der Waals surface area contributed by atoms with Crippen molar-refractivity contribution in [2.45, 2.75) is 19.8 Å². The summed E-state index contributed by atoms with van der Waals surface area (Å²) in [6, 6.07) is 0. The number of unbranched alkanes of at least 4 members (excludes halogenated alkanes) is 1. The van der Waals surface area contributed by atoms with Gasteiger partial charge in [0, 0.05) is 19.8 Å². The SMILES string of the molecule is CCCCNC(=O)c1nn(C)cc1C(=O)O. The first kappa shape index (κ1) is 12.2. The Morgan fingerprint density at radius 1 is 1.56 bits per heavy atom. The highest BCUT2D eigenvalue weighted by Crippen LogP contribution is 2.06. The van der Waals surface area contributed by atoms with Crippen molar-refractivity contribution >= 4 is 11.9 Å². The van der Waals surface area contributed by atoms with Crippen LogP contribution in [-0.2, 0) is 7.05 Å². The first-order chi connectivity index (χ1) is 7.56. The predicted molar refractivity (Wildman–Crippen MR) is 57.4 cm³/mol. The summed E-state index contributed by atoms with van der Waals surface area (Å²) in [5.41, 5.74) is -0.109. The first-order valence-corrected chi connectivity index (χ1v) is 5.11. The summed E-state index contributed by atoms with van der Waals surface area (Å²) in [7, 11) is 1.58. The van der Waals surface area contributed by atoms with Crippen LogP contribution in [-0.4, -0.2) is 33.3 Å². The Hall–Kier alpha value is -1.85. The van der Waals surface area contributed by atoms with Crippen LogP contribution in [0.3, 0.4) is 0 Å². The summed E-state index contributed by atoms with van der Waals surface area (Å²) < 4.78 is 1.32. The van der Waals surface area contributed by atoms with E-state index >= 15 is 0 Å². The zero-order valence-corrected chi connectivity index (χ0v) is 9.36. The Morgan fingerprint density at radius 2 is 2.25 bits per heavy atom. The summed E-state index contributed by atoms with van der Waals surface area (Å²) in [4.78, 5) is 22.4. The van der Waals surface area contributed by atoms with Gasteiger partial charge in [0.15, 0.2) is 5.69 Å². The van der Waals surface area contributed by atoms with Gasteiger partial charge in [0.1, 0.15) is 5.56 Å². The van der Waals surface area contributed by atoms with Crippen molar-refractivity contribution in [3.05, 3.63) is 17.5 Å². The van der Waals surface area contributed by atoms with Crippen molar-refractivity contribution in [2.24, 2.45) is 7.05 Å². The number of carboxylic acids is 1. The van der Waals surface area contributed by atoms with Crippen LogP contribution in [0.5, 0.6) is 0 Å². The Balaban J connectivity index is 2.78. The Morgan fingerprint density at radius 3 is 2.81 bits per heavy atom. The van der Waals surface area contributed by atoms with Crippen LogP contribution in [0.15, 0.2) is 6.20 Å². The lowest BCUT2D eigenvalue weighted by Gasteiger charge is -2.01. The molecule has 0 aliphatic rings. The molecule has 0 atom stereocenters. The maximum absolute atomic E-state index is 11.6. The van der Waals surface area contributed by atoms with E-state index in [1.54, 1.807) is 7.05 Å². The molecule has 2 N–H and O–H groups in total. The van der Waals surface area contributed by atoms with E-state index in [0.717, 1.165) is 12.8 Å². The molecule has 6 nitrogen and oxygen atoms in total. The van der Waals surface area contributed by atoms with Crippen molar-refractivity contribution in [1.29, 1.82) is 0 Å². The average molecular weight is 225 g/mol. The molecule has 88 valence electrons. The molecule has 0 bridgehead atoms. The Bertz CT molecular complexity index is 398. The summed E-state index contributed by atoms with van der Waals surface area (Å²) in [6.07, 6.45) is 3.15. The number of amides is 1. The monoisotopic (exact) mass is 225 g/mol. The maximum atomic E-state index is 11.6. The second-order valence-electron chi connectivity index (χ2n) is 3.48. The number of hydrogen-bond acceptors (Lipinski definition) is 3. The third-order valence-corrected chi connectivity index (χ3v) is 2.09. The molecular formula is C10H15N3O3. The lowest BCUT2D eigenvalue weighted by atomic mass is 10.2. The van der Waals surface area contributed by atoms with Crippen LogP contribution >= 0.6 is 0 Å². The number of aryl methyl sites for hydroxylation is 1. The number of carbonyl (C=O) groups excluding carboxylic acids is 1. The van der Waals surface area contributed by atoms with Crippen LogP contribution in [0.1, 0.15) is 40.6 Å². The van der Waals surface area contributed by atoms with Crippen LogP contribution < -0.4 is 5.32 Å². The molecule has 0 saturated heterocycles. The lowest BCUT2D eigenvalue weighted by molar-refractivity contribution is 0.0691. The molecule has 0 radical (unpaired) electrons. The topological polar surface area (TPSA) is 84.2 Å². The van der Waals surface area contributed by atoms with Crippen LogP contribution in [0.2, 0.25) is 0 Å². The van der Waals surface area contributed by atoms with Gasteiger partial charge < -0.3 is 10.4 Å². The van der Waals surface area contributed by atoms with Gasteiger partial charge in [0.05, 0.1) is 0 Å². The molecule has 0 unspecified atom stereocenters. The van der Waals surface area contributed by atoms with E-state index in [0.29, 0.717) is 6.54 Å². The number of nitrogens with zero attached hydrogens (tertiary/aromatic N) is 2. The number of carbonyl (C=O) groups is 2. The maximum Gasteiger partial charge on any atom is 0.339 e. The molecule has 1 rings (SSSR count). The van der Waals surface area contributed by atoms with E-state index < -0.39 is 11.9 Å². The number of aromatic carboxylic acids is 1. The van der Waals surface area contributed by atoms with Gasteiger partial charge in [-0.15, -0.1) is 0 Å². The smallest absolute Gasteiger partial charge is 0.339 e. The van der Waals surface area contributed by atoms with Crippen molar-refractivity contribution in [3.8, 4) is 0 Å². The highest BCUT2D eigenvalue weighted by atomic mass is 16.4. The van der Waals surface area contributed by atoms with E-state index in [-0.39, 0.29) is 11.3 Å². The Labute approximate surface area is 93.3 Å². The van der Waals surface area contributed by atoms with Gasteiger partial charge >= 0.3 is 5.97 Å². The third-order valence-electron chi connectivity index (χ3n) is 2.09. The van der Waals surface area contributed by atoms with Gasteiger partial charge in [-0.3, -0.25) is 9.48 Å². The Kier molecular flexibility index (Phi) is 4.04. The molecule has 0 fully saturated rings. The van der Waals surface area contributed by atoms with Gasteiger partial charge in [-0.05, 0) is 6.42 Å². The summed E-state index contributed by atoms with van der Waals surface area (Å²) >= 11 is 0. The van der Waals surface area contributed by atoms with Gasteiger partial charge in [0.2, 0.25) is 0 Å². The van der Waals surface area contributed by atoms with Gasteiger partial charge in [-0.2, -0.15) is 5.10 Å². The molecule has 0 aliphatic heterocycles. The third kappa shape index (κ3) is 2.82. The molecule has 0 aromatic carbocycles. The van der Waals surface area contributed by atoms with Gasteiger partial charge in [-0.1, -0.05) is 13.3 Å². The number of carboxylic acid groups (broad SMARTS) is 1. The molecule has 1 aromatic rings. The minimum Gasteiger partial charge on any atom is -0.478 e. The molecule has 1 aromatic heterocycles. The fourth-order valence-electron chi connectivity index (χ4n) is 1.28. The second-order valence-corrected chi connectivity index (χ2v) is 3.48. The fourth-order valence-corrected chi connectivity index (χ4v) is 1.28. The van der Waals surface area contributed by atoms with Crippen molar-refractivity contribution in [2.75, 3.05) is 6.54 Å². The largest absolute Gasteiger partial charge is 0.478 e. The minimum atomic E-state index is -1.14. The van der Waals surface area contributed by atoms with Gasteiger partial charge in [-0.25, -0.2) is 4.79 Å². The molecule has 0 saturated carbocycles. The highest BCUT2D eigenvalue weighted by Gasteiger charge is 2.20.